The normalized spacial score (nSPS) is 15.2. The van der Waals surface area contributed by atoms with Gasteiger partial charge in [-0.05, 0) is 29.8 Å². The molecule has 3 aromatic carbocycles. The molecule has 2 amide bonds. The Balaban J connectivity index is 1.46. The first-order chi connectivity index (χ1) is 14.2. The van der Waals surface area contributed by atoms with Crippen LogP contribution < -0.4 is 15.8 Å². The number of hydrogen-bond donors (Lipinski definition) is 2. The predicted molar refractivity (Wildman–Crippen MR) is 117 cm³/mol. The fraction of sp³-hybridized carbons (Fsp3) is 0.130. The number of carbonyl (C=O) groups is 2. The fourth-order valence-electron chi connectivity index (χ4n) is 3.16. The molecule has 4 rings (SSSR count). The van der Waals surface area contributed by atoms with Gasteiger partial charge in [0.2, 0.25) is 11.8 Å². The van der Waals surface area contributed by atoms with Gasteiger partial charge in [-0.15, -0.1) is 11.8 Å². The van der Waals surface area contributed by atoms with Crippen molar-refractivity contribution < 1.29 is 9.59 Å². The third kappa shape index (κ3) is 4.78. The summed E-state index contributed by atoms with van der Waals surface area (Å²) in [7, 11) is 0. The molecule has 0 aromatic heterocycles. The number of anilines is 2. The SMILES string of the molecule is O=C(C[C@H]1Sc2ccccc2NC1=O)NN(Cc1ccccc1)c1ccccc1. The van der Waals surface area contributed by atoms with Crippen molar-refractivity contribution in [3.05, 3.63) is 90.5 Å². The third-order valence-electron chi connectivity index (χ3n) is 4.59. The molecule has 1 aliphatic rings. The number of nitrogens with zero attached hydrogens (tertiary/aromatic N) is 1. The van der Waals surface area contributed by atoms with E-state index in [2.05, 4.69) is 10.7 Å². The summed E-state index contributed by atoms with van der Waals surface area (Å²) in [6, 6.07) is 27.3. The lowest BCUT2D eigenvalue weighted by molar-refractivity contribution is -0.124. The molecule has 0 unspecified atom stereocenters. The number of hydrazine groups is 1. The minimum absolute atomic E-state index is 0.100. The monoisotopic (exact) mass is 403 g/mol. The fourth-order valence-corrected chi connectivity index (χ4v) is 4.27. The molecule has 0 spiro atoms. The number of benzene rings is 3. The summed E-state index contributed by atoms with van der Waals surface area (Å²) in [4.78, 5) is 26.2. The lowest BCUT2D eigenvalue weighted by atomic mass is 10.2. The van der Waals surface area contributed by atoms with E-state index in [0.29, 0.717) is 6.54 Å². The Labute approximate surface area is 174 Å². The number of fused-ring (bicyclic) bond motifs is 1. The van der Waals surface area contributed by atoms with Gasteiger partial charge in [0, 0.05) is 11.3 Å². The second-order valence-electron chi connectivity index (χ2n) is 6.74. The molecular formula is C23H21N3O2S. The van der Waals surface area contributed by atoms with Crippen molar-refractivity contribution in [2.75, 3.05) is 10.3 Å². The van der Waals surface area contributed by atoms with Crippen LogP contribution in [0.1, 0.15) is 12.0 Å². The quantitative estimate of drug-likeness (QED) is 0.605. The number of thioether (sulfide) groups is 1. The van der Waals surface area contributed by atoms with E-state index in [1.54, 1.807) is 0 Å². The van der Waals surface area contributed by atoms with E-state index in [4.69, 9.17) is 0 Å². The summed E-state index contributed by atoms with van der Waals surface area (Å²) in [5.41, 5.74) is 5.74. The van der Waals surface area contributed by atoms with E-state index in [9.17, 15) is 9.59 Å². The number of para-hydroxylation sites is 2. The molecule has 0 fully saturated rings. The molecule has 0 bridgehead atoms. The molecule has 1 heterocycles. The van der Waals surface area contributed by atoms with Crippen molar-refractivity contribution in [3.8, 4) is 0 Å². The molecule has 0 radical (unpaired) electrons. The molecule has 3 aromatic rings. The summed E-state index contributed by atoms with van der Waals surface area (Å²) in [6.45, 7) is 0.531. The van der Waals surface area contributed by atoms with Crippen molar-refractivity contribution in [2.24, 2.45) is 0 Å². The predicted octanol–water partition coefficient (Wildman–Crippen LogP) is 4.23. The summed E-state index contributed by atoms with van der Waals surface area (Å²) in [5, 5.41) is 4.24. The van der Waals surface area contributed by atoms with E-state index in [-0.39, 0.29) is 18.2 Å². The molecule has 0 saturated heterocycles. The van der Waals surface area contributed by atoms with Gasteiger partial charge in [-0.25, -0.2) is 0 Å². The Kier molecular flexibility index (Phi) is 5.81. The second-order valence-corrected chi connectivity index (χ2v) is 7.98. The highest BCUT2D eigenvalue weighted by Crippen LogP contribution is 2.36. The van der Waals surface area contributed by atoms with Crippen LogP contribution in [-0.4, -0.2) is 17.1 Å². The van der Waals surface area contributed by atoms with Gasteiger partial charge < -0.3 is 5.32 Å². The van der Waals surface area contributed by atoms with Gasteiger partial charge in [-0.3, -0.25) is 20.0 Å². The summed E-state index contributed by atoms with van der Waals surface area (Å²) in [6.07, 6.45) is 0.100. The van der Waals surface area contributed by atoms with Crippen LogP contribution in [0.2, 0.25) is 0 Å². The summed E-state index contributed by atoms with van der Waals surface area (Å²) < 4.78 is 0. The maximum atomic E-state index is 12.8. The molecule has 0 saturated carbocycles. The first-order valence-electron chi connectivity index (χ1n) is 9.41. The highest BCUT2D eigenvalue weighted by atomic mass is 32.2. The Morgan fingerprint density at radius 1 is 0.931 bits per heavy atom. The lowest BCUT2D eigenvalue weighted by Gasteiger charge is -2.28. The Morgan fingerprint density at radius 2 is 1.59 bits per heavy atom. The van der Waals surface area contributed by atoms with Crippen molar-refractivity contribution in [2.45, 2.75) is 23.1 Å². The van der Waals surface area contributed by atoms with Crippen LogP contribution in [-0.2, 0) is 16.1 Å². The van der Waals surface area contributed by atoms with Crippen molar-refractivity contribution in [1.29, 1.82) is 0 Å². The molecule has 5 nitrogen and oxygen atoms in total. The minimum atomic E-state index is -0.459. The van der Waals surface area contributed by atoms with Crippen LogP contribution in [0.4, 0.5) is 11.4 Å². The van der Waals surface area contributed by atoms with Crippen LogP contribution in [0.15, 0.2) is 89.8 Å². The van der Waals surface area contributed by atoms with Crippen molar-refractivity contribution in [3.63, 3.8) is 0 Å². The molecule has 146 valence electrons. The van der Waals surface area contributed by atoms with Gasteiger partial charge >= 0.3 is 0 Å². The Hall–Kier alpha value is -3.25. The van der Waals surface area contributed by atoms with Crippen molar-refractivity contribution >= 4 is 35.0 Å². The average molecular weight is 404 g/mol. The van der Waals surface area contributed by atoms with Gasteiger partial charge in [0.15, 0.2) is 0 Å². The largest absolute Gasteiger partial charge is 0.324 e. The van der Waals surface area contributed by atoms with Gasteiger partial charge in [0.1, 0.15) is 0 Å². The molecule has 1 atom stereocenters. The molecule has 6 heteroatoms. The lowest BCUT2D eigenvalue weighted by Crippen LogP contribution is -2.44. The number of amides is 2. The maximum absolute atomic E-state index is 12.8. The zero-order valence-corrected chi connectivity index (χ0v) is 16.6. The van der Waals surface area contributed by atoms with E-state index < -0.39 is 5.25 Å². The van der Waals surface area contributed by atoms with Crippen LogP contribution in [0, 0.1) is 0 Å². The van der Waals surface area contributed by atoms with Gasteiger partial charge in [0.05, 0.1) is 23.2 Å². The molecule has 2 N–H and O–H groups in total. The second kappa shape index (κ2) is 8.84. The first kappa shape index (κ1) is 19.1. The first-order valence-corrected chi connectivity index (χ1v) is 10.3. The molecular weight excluding hydrogens is 382 g/mol. The van der Waals surface area contributed by atoms with Gasteiger partial charge in [0.25, 0.3) is 0 Å². The van der Waals surface area contributed by atoms with E-state index in [1.165, 1.54) is 11.8 Å². The maximum Gasteiger partial charge on any atom is 0.240 e. The summed E-state index contributed by atoms with van der Waals surface area (Å²) >= 11 is 1.43. The summed E-state index contributed by atoms with van der Waals surface area (Å²) in [5.74, 6) is -0.338. The van der Waals surface area contributed by atoms with Crippen molar-refractivity contribution in [1.82, 2.24) is 5.43 Å². The Bertz CT molecular complexity index is 995. The minimum Gasteiger partial charge on any atom is -0.324 e. The van der Waals surface area contributed by atoms with Crippen LogP contribution in [0.25, 0.3) is 0 Å². The molecule has 0 aliphatic carbocycles. The average Bonchev–Trinajstić information content (AvgIpc) is 2.75. The van der Waals surface area contributed by atoms with Crippen LogP contribution >= 0.6 is 11.8 Å². The number of rotatable bonds is 6. The zero-order valence-electron chi connectivity index (χ0n) is 15.7. The standard InChI is InChI=1S/C23H21N3O2S/c27-22(15-21-23(28)24-19-13-7-8-14-20(19)29-21)25-26(18-11-5-2-6-12-18)16-17-9-3-1-4-10-17/h1-14,21H,15-16H2,(H,24,28)(H,25,27)/t21-/m1/s1. The van der Waals surface area contributed by atoms with E-state index >= 15 is 0 Å². The number of nitrogens with one attached hydrogen (secondary N) is 2. The highest BCUT2D eigenvalue weighted by Gasteiger charge is 2.29. The Morgan fingerprint density at radius 3 is 2.34 bits per heavy atom. The number of carbonyl (C=O) groups excluding carboxylic acids is 2. The topological polar surface area (TPSA) is 61.4 Å². The van der Waals surface area contributed by atoms with Gasteiger partial charge in [-0.2, -0.15) is 0 Å². The van der Waals surface area contributed by atoms with E-state index in [0.717, 1.165) is 21.8 Å². The third-order valence-corrected chi connectivity index (χ3v) is 5.86. The zero-order chi connectivity index (χ0) is 20.1. The molecule has 1 aliphatic heterocycles. The molecule has 29 heavy (non-hydrogen) atoms. The van der Waals surface area contributed by atoms with Crippen LogP contribution in [0.3, 0.4) is 0 Å². The van der Waals surface area contributed by atoms with E-state index in [1.807, 2.05) is 89.9 Å². The number of hydrogen-bond acceptors (Lipinski definition) is 4. The smallest absolute Gasteiger partial charge is 0.240 e. The van der Waals surface area contributed by atoms with Gasteiger partial charge in [-0.1, -0.05) is 60.7 Å². The highest BCUT2D eigenvalue weighted by molar-refractivity contribution is 8.01. The van der Waals surface area contributed by atoms with Crippen LogP contribution in [0.5, 0.6) is 0 Å².